The maximum absolute atomic E-state index is 12.5. The van der Waals surface area contributed by atoms with Gasteiger partial charge in [0.05, 0.1) is 25.4 Å². The number of allylic oxidation sites excluding steroid dienone is 2. The second kappa shape index (κ2) is 62.1. The number of amides is 1. The summed E-state index contributed by atoms with van der Waals surface area (Å²) in [5, 5.41) is 23.3. The molecular weight excluding hydrogens is 887 g/mol. The van der Waals surface area contributed by atoms with Gasteiger partial charge in [0.15, 0.2) is 0 Å². The first-order valence-electron chi connectivity index (χ1n) is 32.9. The number of hydrogen-bond acceptors (Lipinski definition) is 5. The first kappa shape index (κ1) is 70.6. The number of aliphatic hydroxyl groups excluding tert-OH is 2. The quantitative estimate of drug-likeness (QED) is 0.0320. The van der Waals surface area contributed by atoms with E-state index in [2.05, 4.69) is 31.3 Å². The number of rotatable bonds is 62. The van der Waals surface area contributed by atoms with E-state index in [1.807, 2.05) is 0 Å². The zero-order valence-electron chi connectivity index (χ0n) is 48.9. The lowest BCUT2D eigenvalue weighted by Gasteiger charge is -2.22. The maximum atomic E-state index is 12.5. The fourth-order valence-electron chi connectivity index (χ4n) is 10.5. The third-order valence-electron chi connectivity index (χ3n) is 15.6. The molecule has 0 aliphatic heterocycles. The van der Waals surface area contributed by atoms with Crippen LogP contribution in [-0.2, 0) is 14.3 Å². The summed E-state index contributed by atoms with van der Waals surface area (Å²) in [4.78, 5) is 24.5. The molecule has 0 aromatic rings. The fourth-order valence-corrected chi connectivity index (χ4v) is 10.5. The summed E-state index contributed by atoms with van der Waals surface area (Å²) < 4.78 is 5.48. The van der Waals surface area contributed by atoms with Gasteiger partial charge in [-0.15, -0.1) is 0 Å². The highest BCUT2D eigenvalue weighted by Gasteiger charge is 2.20. The molecule has 0 aliphatic carbocycles. The Balaban J connectivity index is 3.37. The summed E-state index contributed by atoms with van der Waals surface area (Å²) in [6.07, 6.45) is 75.2. The van der Waals surface area contributed by atoms with Crippen molar-refractivity contribution in [3.8, 4) is 0 Å². The number of unbranched alkanes of at least 4 members (excludes halogenated alkanes) is 49. The molecule has 0 spiro atoms. The van der Waals surface area contributed by atoms with Gasteiger partial charge in [-0.05, 0) is 51.4 Å². The average Bonchev–Trinajstić information content (AvgIpc) is 3.38. The van der Waals surface area contributed by atoms with Crippen molar-refractivity contribution >= 4 is 11.9 Å². The summed E-state index contributed by atoms with van der Waals surface area (Å²) in [7, 11) is 0. The number of esters is 1. The molecule has 3 N–H and O–H groups in total. The molecule has 0 rings (SSSR count). The van der Waals surface area contributed by atoms with Gasteiger partial charge >= 0.3 is 5.97 Å². The van der Waals surface area contributed by atoms with Crippen LogP contribution >= 0.6 is 0 Å². The van der Waals surface area contributed by atoms with Crippen LogP contribution in [-0.4, -0.2) is 47.4 Å². The van der Waals surface area contributed by atoms with Crippen molar-refractivity contribution in [3.63, 3.8) is 0 Å². The number of hydrogen-bond donors (Lipinski definition) is 3. The molecule has 2 atom stereocenters. The van der Waals surface area contributed by atoms with Gasteiger partial charge in [-0.2, -0.15) is 0 Å². The Bertz CT molecular complexity index is 1080. The third kappa shape index (κ3) is 57.9. The molecule has 6 nitrogen and oxygen atoms in total. The summed E-state index contributed by atoms with van der Waals surface area (Å²) >= 11 is 0. The Morgan fingerprint density at radius 1 is 0.375 bits per heavy atom. The van der Waals surface area contributed by atoms with E-state index in [1.54, 1.807) is 0 Å². The predicted octanol–water partition coefficient (Wildman–Crippen LogP) is 20.8. The standard InChI is InChI=1S/C66H129NO5/c1-3-5-7-9-11-13-15-17-18-32-35-38-42-46-50-54-58-64(69)63(62-68)67-65(70)59-55-51-47-43-39-36-33-30-28-26-24-22-20-19-21-23-25-27-29-31-34-37-41-45-49-53-57-61-72-66(71)60-56-52-48-44-40-16-14-12-10-8-6-4-2/h19-20,63-64,68-69H,3-18,21-62H2,1-2H3,(H,67,70)/b20-19-. The van der Waals surface area contributed by atoms with Gasteiger partial charge in [0, 0.05) is 12.8 Å². The van der Waals surface area contributed by atoms with Crippen molar-refractivity contribution in [2.75, 3.05) is 13.2 Å². The molecule has 0 aromatic carbocycles. The molecule has 1 amide bonds. The van der Waals surface area contributed by atoms with Gasteiger partial charge in [-0.1, -0.05) is 321 Å². The van der Waals surface area contributed by atoms with Crippen LogP contribution in [0, 0.1) is 0 Å². The van der Waals surface area contributed by atoms with Crippen LogP contribution in [0.2, 0.25) is 0 Å². The van der Waals surface area contributed by atoms with Gasteiger partial charge in [-0.25, -0.2) is 0 Å². The van der Waals surface area contributed by atoms with Crippen molar-refractivity contribution in [2.45, 2.75) is 386 Å². The highest BCUT2D eigenvalue weighted by atomic mass is 16.5. The first-order chi connectivity index (χ1) is 35.5. The molecule has 0 aliphatic rings. The molecule has 2 unspecified atom stereocenters. The fraction of sp³-hybridized carbons (Fsp3) is 0.939. The van der Waals surface area contributed by atoms with E-state index >= 15 is 0 Å². The number of ether oxygens (including phenoxy) is 1. The van der Waals surface area contributed by atoms with E-state index in [-0.39, 0.29) is 18.5 Å². The maximum Gasteiger partial charge on any atom is 0.305 e. The Morgan fingerprint density at radius 3 is 0.986 bits per heavy atom. The van der Waals surface area contributed by atoms with Crippen molar-refractivity contribution in [1.82, 2.24) is 5.32 Å². The molecule has 0 bridgehead atoms. The van der Waals surface area contributed by atoms with Crippen LogP contribution in [0.3, 0.4) is 0 Å². The second-order valence-corrected chi connectivity index (χ2v) is 22.8. The summed E-state index contributed by atoms with van der Waals surface area (Å²) in [5.74, 6) is -0.0161. The molecule has 6 heteroatoms. The lowest BCUT2D eigenvalue weighted by atomic mass is 10.0. The van der Waals surface area contributed by atoms with E-state index in [1.165, 1.54) is 302 Å². The van der Waals surface area contributed by atoms with Crippen LogP contribution in [0.1, 0.15) is 373 Å². The Kier molecular flexibility index (Phi) is 60.9. The topological polar surface area (TPSA) is 95.9 Å². The third-order valence-corrected chi connectivity index (χ3v) is 15.6. The van der Waals surface area contributed by atoms with Crippen molar-refractivity contribution < 1.29 is 24.5 Å². The Labute approximate surface area is 450 Å². The molecule has 0 radical (unpaired) electrons. The van der Waals surface area contributed by atoms with Crippen LogP contribution in [0.25, 0.3) is 0 Å². The molecule has 0 saturated heterocycles. The number of aliphatic hydroxyl groups is 2. The minimum absolute atomic E-state index is 0.0165. The van der Waals surface area contributed by atoms with E-state index in [0.29, 0.717) is 25.9 Å². The molecule has 0 heterocycles. The predicted molar refractivity (Wildman–Crippen MR) is 315 cm³/mol. The van der Waals surface area contributed by atoms with E-state index < -0.39 is 12.1 Å². The zero-order chi connectivity index (χ0) is 52.2. The number of nitrogens with one attached hydrogen (secondary N) is 1. The lowest BCUT2D eigenvalue weighted by Crippen LogP contribution is -2.45. The summed E-state index contributed by atoms with van der Waals surface area (Å²) in [6.45, 7) is 4.98. The van der Waals surface area contributed by atoms with Gasteiger partial charge in [-0.3, -0.25) is 9.59 Å². The molecule has 428 valence electrons. The molecule has 72 heavy (non-hydrogen) atoms. The van der Waals surface area contributed by atoms with E-state index in [4.69, 9.17) is 4.74 Å². The highest BCUT2D eigenvalue weighted by Crippen LogP contribution is 2.18. The van der Waals surface area contributed by atoms with Crippen LogP contribution < -0.4 is 5.32 Å². The van der Waals surface area contributed by atoms with Crippen molar-refractivity contribution in [2.24, 2.45) is 0 Å². The smallest absolute Gasteiger partial charge is 0.305 e. The zero-order valence-corrected chi connectivity index (χ0v) is 48.9. The van der Waals surface area contributed by atoms with E-state index in [9.17, 15) is 19.8 Å². The van der Waals surface area contributed by atoms with E-state index in [0.717, 1.165) is 38.5 Å². The SMILES string of the molecule is CCCCCCCCCCCCCCCCCCC(O)C(CO)NC(=O)CCCCCCCCCCCCC/C=C\CCCCCCCCCCCCCCOC(=O)CCCCCCCCCCCCCC. The molecule has 0 aromatic heterocycles. The van der Waals surface area contributed by atoms with Gasteiger partial charge in [0.2, 0.25) is 5.91 Å². The first-order valence-corrected chi connectivity index (χ1v) is 32.9. The van der Waals surface area contributed by atoms with Crippen LogP contribution in [0.4, 0.5) is 0 Å². The molecule has 0 saturated carbocycles. The monoisotopic (exact) mass is 1020 g/mol. The average molecular weight is 1020 g/mol. The van der Waals surface area contributed by atoms with Crippen molar-refractivity contribution in [3.05, 3.63) is 12.2 Å². The summed E-state index contributed by atoms with van der Waals surface area (Å²) in [6, 6.07) is -0.541. The van der Waals surface area contributed by atoms with Crippen LogP contribution in [0.15, 0.2) is 12.2 Å². The molecule has 0 fully saturated rings. The Morgan fingerprint density at radius 2 is 0.653 bits per heavy atom. The second-order valence-electron chi connectivity index (χ2n) is 22.8. The minimum atomic E-state index is -0.664. The van der Waals surface area contributed by atoms with Crippen LogP contribution in [0.5, 0.6) is 0 Å². The number of carbonyl (C=O) groups is 2. The Hall–Kier alpha value is -1.40. The largest absolute Gasteiger partial charge is 0.466 e. The number of carbonyl (C=O) groups excluding carboxylic acids is 2. The van der Waals surface area contributed by atoms with Crippen molar-refractivity contribution in [1.29, 1.82) is 0 Å². The minimum Gasteiger partial charge on any atom is -0.466 e. The summed E-state index contributed by atoms with van der Waals surface area (Å²) in [5.41, 5.74) is 0. The van der Waals surface area contributed by atoms with Gasteiger partial charge in [0.1, 0.15) is 0 Å². The molecular formula is C66H129NO5. The van der Waals surface area contributed by atoms with Gasteiger partial charge < -0.3 is 20.3 Å². The van der Waals surface area contributed by atoms with Gasteiger partial charge in [0.25, 0.3) is 0 Å². The normalized spacial score (nSPS) is 12.6. The highest BCUT2D eigenvalue weighted by molar-refractivity contribution is 5.76. The lowest BCUT2D eigenvalue weighted by molar-refractivity contribution is -0.143.